The largest absolute Gasteiger partial charge is 0.489 e. The number of rotatable bonds is 8. The number of ether oxygens (including phenoxy) is 1. The van der Waals surface area contributed by atoms with Gasteiger partial charge >= 0.3 is 0 Å². The van der Waals surface area contributed by atoms with Gasteiger partial charge in [-0.2, -0.15) is 0 Å². The summed E-state index contributed by atoms with van der Waals surface area (Å²) in [6, 6.07) is 11.9. The number of pyridine rings is 1. The molecule has 0 aliphatic rings. The van der Waals surface area contributed by atoms with Crippen LogP contribution >= 0.6 is 0 Å². The fourth-order valence-electron chi connectivity index (χ4n) is 2.03. The number of benzene rings is 1. The molecule has 2 N–H and O–H groups in total. The molecule has 0 bridgehead atoms. The number of hydrogen-bond donors (Lipinski definition) is 2. The van der Waals surface area contributed by atoms with Gasteiger partial charge < -0.3 is 15.2 Å². The van der Waals surface area contributed by atoms with Crippen molar-refractivity contribution in [3.05, 3.63) is 59.9 Å². The lowest BCUT2D eigenvalue weighted by Crippen LogP contribution is -2.30. The highest BCUT2D eigenvalue weighted by atomic mass is 16.5. The van der Waals surface area contributed by atoms with E-state index < -0.39 is 0 Å². The number of aliphatic hydroxyl groups is 1. The van der Waals surface area contributed by atoms with Crippen LogP contribution < -0.4 is 10.1 Å². The fourth-order valence-corrected chi connectivity index (χ4v) is 2.03. The quantitative estimate of drug-likeness (QED) is 0.787. The fraction of sp³-hybridized carbons (Fsp3) is 0.389. The van der Waals surface area contributed by atoms with Crippen molar-refractivity contribution in [1.82, 2.24) is 10.3 Å². The predicted octanol–water partition coefficient (Wildman–Crippen LogP) is 2.77. The van der Waals surface area contributed by atoms with Crippen LogP contribution in [0, 0.1) is 5.92 Å². The minimum absolute atomic E-state index is 0.254. The van der Waals surface area contributed by atoms with E-state index >= 15 is 0 Å². The highest BCUT2D eigenvalue weighted by molar-refractivity contribution is 5.33. The van der Waals surface area contributed by atoms with E-state index in [-0.39, 0.29) is 12.0 Å². The Morgan fingerprint density at radius 2 is 2.00 bits per heavy atom. The second-order valence-electron chi connectivity index (χ2n) is 5.70. The molecular formula is C18H24N2O2. The molecule has 2 aromatic rings. The Kier molecular flexibility index (Phi) is 6.37. The highest BCUT2D eigenvalue weighted by Crippen LogP contribution is 2.19. The van der Waals surface area contributed by atoms with Crippen molar-refractivity contribution in [2.75, 3.05) is 6.54 Å². The summed E-state index contributed by atoms with van der Waals surface area (Å²) in [6.07, 6.45) is 3.23. The van der Waals surface area contributed by atoms with Crippen LogP contribution in [-0.4, -0.2) is 22.7 Å². The first kappa shape index (κ1) is 16.5. The molecule has 0 spiro atoms. The average molecular weight is 300 g/mol. The van der Waals surface area contributed by atoms with Crippen LogP contribution in [0.4, 0.5) is 0 Å². The Labute approximate surface area is 132 Å². The zero-order valence-corrected chi connectivity index (χ0v) is 13.2. The highest BCUT2D eigenvalue weighted by Gasteiger charge is 2.09. The van der Waals surface area contributed by atoms with Gasteiger partial charge in [0.25, 0.3) is 0 Å². The average Bonchev–Trinajstić information content (AvgIpc) is 2.54. The van der Waals surface area contributed by atoms with Gasteiger partial charge in [0.05, 0.1) is 6.10 Å². The summed E-state index contributed by atoms with van der Waals surface area (Å²) < 4.78 is 5.89. The number of aliphatic hydroxyl groups excluding tert-OH is 1. The van der Waals surface area contributed by atoms with Gasteiger partial charge in [-0.15, -0.1) is 0 Å². The maximum atomic E-state index is 9.83. The van der Waals surface area contributed by atoms with Crippen molar-refractivity contribution in [1.29, 1.82) is 0 Å². The molecule has 0 fully saturated rings. The molecule has 0 aliphatic carbocycles. The molecule has 0 radical (unpaired) electrons. The van der Waals surface area contributed by atoms with Crippen molar-refractivity contribution in [2.24, 2.45) is 5.92 Å². The molecule has 0 saturated carbocycles. The van der Waals surface area contributed by atoms with E-state index in [0.29, 0.717) is 19.7 Å². The van der Waals surface area contributed by atoms with E-state index in [1.807, 2.05) is 50.2 Å². The monoisotopic (exact) mass is 300 g/mol. The topological polar surface area (TPSA) is 54.4 Å². The molecule has 0 amide bonds. The molecule has 1 atom stereocenters. The second-order valence-corrected chi connectivity index (χ2v) is 5.70. The van der Waals surface area contributed by atoms with Gasteiger partial charge in [0.15, 0.2) is 0 Å². The van der Waals surface area contributed by atoms with Crippen LogP contribution in [0.2, 0.25) is 0 Å². The number of para-hydroxylation sites is 1. The molecule has 0 aliphatic heterocycles. The maximum absolute atomic E-state index is 9.83. The molecule has 1 aromatic heterocycles. The van der Waals surface area contributed by atoms with E-state index in [1.54, 1.807) is 12.4 Å². The Hall–Kier alpha value is -1.91. The minimum atomic E-state index is -0.330. The van der Waals surface area contributed by atoms with Crippen LogP contribution in [0.25, 0.3) is 0 Å². The summed E-state index contributed by atoms with van der Waals surface area (Å²) in [5, 5.41) is 13.1. The zero-order chi connectivity index (χ0) is 15.8. The Morgan fingerprint density at radius 1 is 1.18 bits per heavy atom. The van der Waals surface area contributed by atoms with E-state index in [9.17, 15) is 5.11 Å². The minimum Gasteiger partial charge on any atom is -0.489 e. The molecular weight excluding hydrogens is 276 g/mol. The Morgan fingerprint density at radius 3 is 2.73 bits per heavy atom. The lowest BCUT2D eigenvalue weighted by molar-refractivity contribution is 0.123. The van der Waals surface area contributed by atoms with E-state index in [4.69, 9.17) is 4.74 Å². The lowest BCUT2D eigenvalue weighted by atomic mass is 10.1. The summed E-state index contributed by atoms with van der Waals surface area (Å²) in [7, 11) is 0. The molecule has 22 heavy (non-hydrogen) atoms. The first-order valence-electron chi connectivity index (χ1n) is 7.65. The Balaban J connectivity index is 1.89. The van der Waals surface area contributed by atoms with E-state index in [0.717, 1.165) is 16.9 Å². The Bertz CT molecular complexity index is 558. The summed E-state index contributed by atoms with van der Waals surface area (Å²) in [5.41, 5.74) is 2.13. The van der Waals surface area contributed by atoms with Crippen molar-refractivity contribution < 1.29 is 9.84 Å². The zero-order valence-electron chi connectivity index (χ0n) is 13.2. The third kappa shape index (κ3) is 5.13. The van der Waals surface area contributed by atoms with Gasteiger partial charge in [0, 0.05) is 36.6 Å². The third-order valence-corrected chi connectivity index (χ3v) is 3.53. The summed E-state index contributed by atoms with van der Waals surface area (Å²) >= 11 is 0. The van der Waals surface area contributed by atoms with E-state index in [2.05, 4.69) is 10.3 Å². The van der Waals surface area contributed by atoms with Crippen LogP contribution in [-0.2, 0) is 13.2 Å². The van der Waals surface area contributed by atoms with E-state index in [1.165, 1.54) is 0 Å². The summed E-state index contributed by atoms with van der Waals surface area (Å²) in [4.78, 5) is 4.08. The standard InChI is InChI=1S/C18H24N2O2/c1-14(2)17(21)12-20-11-16-7-3-4-8-18(16)22-13-15-6-5-9-19-10-15/h3-10,14,17,20-21H,11-13H2,1-2H3. The van der Waals surface area contributed by atoms with Crippen molar-refractivity contribution >= 4 is 0 Å². The lowest BCUT2D eigenvalue weighted by Gasteiger charge is -2.16. The molecule has 4 heteroatoms. The van der Waals surface area contributed by atoms with Gasteiger partial charge in [0.2, 0.25) is 0 Å². The summed E-state index contributed by atoms with van der Waals surface area (Å²) in [5.74, 6) is 1.11. The predicted molar refractivity (Wildman–Crippen MR) is 87.6 cm³/mol. The number of aromatic nitrogens is 1. The van der Waals surface area contributed by atoms with Crippen LogP contribution in [0.3, 0.4) is 0 Å². The molecule has 1 aromatic carbocycles. The number of hydrogen-bond acceptors (Lipinski definition) is 4. The van der Waals surface area contributed by atoms with Gasteiger partial charge in [0.1, 0.15) is 12.4 Å². The molecule has 4 nitrogen and oxygen atoms in total. The molecule has 118 valence electrons. The molecule has 2 rings (SSSR count). The number of nitrogens with zero attached hydrogens (tertiary/aromatic N) is 1. The smallest absolute Gasteiger partial charge is 0.124 e. The molecule has 1 heterocycles. The van der Waals surface area contributed by atoms with Gasteiger partial charge in [-0.3, -0.25) is 4.98 Å². The summed E-state index contributed by atoms with van der Waals surface area (Å²) in [6.45, 7) is 5.77. The SMILES string of the molecule is CC(C)C(O)CNCc1ccccc1OCc1cccnc1. The normalized spacial score (nSPS) is 12.4. The van der Waals surface area contributed by atoms with Crippen molar-refractivity contribution in [3.8, 4) is 5.75 Å². The van der Waals surface area contributed by atoms with Crippen molar-refractivity contribution in [3.63, 3.8) is 0 Å². The first-order chi connectivity index (χ1) is 10.7. The van der Waals surface area contributed by atoms with Gasteiger partial charge in [-0.05, 0) is 18.1 Å². The third-order valence-electron chi connectivity index (χ3n) is 3.53. The van der Waals surface area contributed by atoms with Crippen LogP contribution in [0.5, 0.6) is 5.75 Å². The van der Waals surface area contributed by atoms with Crippen molar-refractivity contribution in [2.45, 2.75) is 33.1 Å². The first-order valence-corrected chi connectivity index (χ1v) is 7.65. The van der Waals surface area contributed by atoms with Gasteiger partial charge in [-0.1, -0.05) is 38.1 Å². The second kappa shape index (κ2) is 8.51. The van der Waals surface area contributed by atoms with Gasteiger partial charge in [-0.25, -0.2) is 0 Å². The maximum Gasteiger partial charge on any atom is 0.124 e. The van der Waals surface area contributed by atoms with Crippen LogP contribution in [0.1, 0.15) is 25.0 Å². The van der Waals surface area contributed by atoms with Crippen LogP contribution in [0.15, 0.2) is 48.8 Å². The molecule has 0 saturated heterocycles. The molecule has 1 unspecified atom stereocenters. The number of nitrogens with one attached hydrogen (secondary N) is 1.